The van der Waals surface area contributed by atoms with Gasteiger partial charge in [0.15, 0.2) is 0 Å². The maximum absolute atomic E-state index is 12.3. The molecule has 0 saturated heterocycles. The first-order valence-corrected chi connectivity index (χ1v) is 8.50. The molecule has 2 aromatic carbocycles. The summed E-state index contributed by atoms with van der Waals surface area (Å²) in [6.07, 6.45) is 0.302. The van der Waals surface area contributed by atoms with Crippen LogP contribution in [0.15, 0.2) is 48.5 Å². The molecular formula is C19H17ClN2O4. The summed E-state index contributed by atoms with van der Waals surface area (Å²) in [5, 5.41) is 15.3. The van der Waals surface area contributed by atoms with Crippen molar-refractivity contribution in [3.8, 4) is 0 Å². The summed E-state index contributed by atoms with van der Waals surface area (Å²) in [5.74, 6) is -2.09. The second-order valence-corrected chi connectivity index (χ2v) is 6.58. The van der Waals surface area contributed by atoms with E-state index in [1.165, 1.54) is 12.1 Å². The SMILES string of the molecule is O=C1CC(CC(NC(=O)c2ccc(Cl)cc2)C(=O)O)c2ccccc2N1. The minimum atomic E-state index is -1.14. The highest BCUT2D eigenvalue weighted by atomic mass is 35.5. The zero-order valence-electron chi connectivity index (χ0n) is 13.7. The van der Waals surface area contributed by atoms with E-state index in [1.54, 1.807) is 24.3 Å². The molecule has 2 aromatic rings. The van der Waals surface area contributed by atoms with Crippen LogP contribution in [0.25, 0.3) is 0 Å². The molecule has 1 aliphatic rings. The molecule has 2 amide bonds. The summed E-state index contributed by atoms with van der Waals surface area (Å²) in [7, 11) is 0. The van der Waals surface area contributed by atoms with Crippen molar-refractivity contribution in [1.29, 1.82) is 0 Å². The molecule has 0 bridgehead atoms. The van der Waals surface area contributed by atoms with Crippen LogP contribution in [-0.4, -0.2) is 28.9 Å². The Morgan fingerprint density at radius 3 is 2.58 bits per heavy atom. The van der Waals surface area contributed by atoms with E-state index in [-0.39, 0.29) is 24.7 Å². The summed E-state index contributed by atoms with van der Waals surface area (Å²) in [5.41, 5.74) is 1.88. The molecule has 1 aliphatic heterocycles. The van der Waals surface area contributed by atoms with Gasteiger partial charge in [0.1, 0.15) is 6.04 Å². The molecule has 26 heavy (non-hydrogen) atoms. The van der Waals surface area contributed by atoms with Crippen LogP contribution in [-0.2, 0) is 9.59 Å². The maximum Gasteiger partial charge on any atom is 0.326 e. The Labute approximate surface area is 155 Å². The number of rotatable bonds is 5. The predicted octanol–water partition coefficient (Wildman–Crippen LogP) is 3.04. The first-order valence-electron chi connectivity index (χ1n) is 8.12. The standard InChI is InChI=1S/C19H17ClN2O4/c20-13-7-5-11(6-8-13)18(24)22-16(19(25)26)9-12-10-17(23)21-15-4-2-1-3-14(12)15/h1-8,12,16H,9-10H2,(H,21,23)(H,22,24)(H,25,26). The fourth-order valence-electron chi connectivity index (χ4n) is 3.06. The van der Waals surface area contributed by atoms with Gasteiger partial charge in [0.2, 0.25) is 5.91 Å². The first kappa shape index (κ1) is 17.9. The smallest absolute Gasteiger partial charge is 0.326 e. The largest absolute Gasteiger partial charge is 0.480 e. The number of halogens is 1. The van der Waals surface area contributed by atoms with Gasteiger partial charge in [-0.3, -0.25) is 9.59 Å². The zero-order valence-corrected chi connectivity index (χ0v) is 14.5. The molecule has 0 aliphatic carbocycles. The number of para-hydroxylation sites is 1. The molecule has 134 valence electrons. The molecule has 0 radical (unpaired) electrons. The van der Waals surface area contributed by atoms with Gasteiger partial charge in [-0.15, -0.1) is 0 Å². The molecule has 2 unspecified atom stereocenters. The van der Waals surface area contributed by atoms with Crippen LogP contribution in [0.2, 0.25) is 5.02 Å². The van der Waals surface area contributed by atoms with Crippen molar-refractivity contribution >= 4 is 35.1 Å². The van der Waals surface area contributed by atoms with E-state index in [1.807, 2.05) is 12.1 Å². The van der Waals surface area contributed by atoms with E-state index in [2.05, 4.69) is 10.6 Å². The van der Waals surface area contributed by atoms with Crippen LogP contribution in [0, 0.1) is 0 Å². The normalized spacial score (nSPS) is 17.0. The van der Waals surface area contributed by atoms with Crippen molar-refractivity contribution < 1.29 is 19.5 Å². The molecule has 0 spiro atoms. The topological polar surface area (TPSA) is 95.5 Å². The molecule has 1 heterocycles. The van der Waals surface area contributed by atoms with Crippen LogP contribution in [0.1, 0.15) is 34.7 Å². The first-order chi connectivity index (χ1) is 12.4. The third-order valence-corrected chi connectivity index (χ3v) is 4.59. The highest BCUT2D eigenvalue weighted by Gasteiger charge is 2.31. The van der Waals surface area contributed by atoms with Crippen LogP contribution in [0.5, 0.6) is 0 Å². The van der Waals surface area contributed by atoms with Crippen LogP contribution < -0.4 is 10.6 Å². The van der Waals surface area contributed by atoms with Crippen LogP contribution in [0.3, 0.4) is 0 Å². The lowest BCUT2D eigenvalue weighted by Gasteiger charge is -2.27. The number of anilines is 1. The Bertz CT molecular complexity index is 851. The second-order valence-electron chi connectivity index (χ2n) is 6.14. The summed E-state index contributed by atoms with van der Waals surface area (Å²) >= 11 is 5.80. The maximum atomic E-state index is 12.3. The molecule has 0 saturated carbocycles. The number of nitrogens with one attached hydrogen (secondary N) is 2. The number of carbonyl (C=O) groups is 3. The summed E-state index contributed by atoms with van der Waals surface area (Å²) in [6.45, 7) is 0. The quantitative estimate of drug-likeness (QED) is 0.751. The van der Waals surface area contributed by atoms with Crippen LogP contribution >= 0.6 is 11.6 Å². The Morgan fingerprint density at radius 1 is 1.19 bits per heavy atom. The third-order valence-electron chi connectivity index (χ3n) is 4.34. The van der Waals surface area contributed by atoms with E-state index in [0.717, 1.165) is 5.56 Å². The van der Waals surface area contributed by atoms with Gasteiger partial charge in [0.25, 0.3) is 5.91 Å². The molecule has 0 aromatic heterocycles. The van der Waals surface area contributed by atoms with Gasteiger partial charge in [-0.2, -0.15) is 0 Å². The number of hydrogen-bond donors (Lipinski definition) is 3. The van der Waals surface area contributed by atoms with Crippen molar-refractivity contribution in [1.82, 2.24) is 5.32 Å². The summed E-state index contributed by atoms with van der Waals surface area (Å²) in [4.78, 5) is 35.9. The highest BCUT2D eigenvalue weighted by Crippen LogP contribution is 2.35. The Hall–Kier alpha value is -2.86. The minimum Gasteiger partial charge on any atom is -0.480 e. The van der Waals surface area contributed by atoms with Gasteiger partial charge in [-0.1, -0.05) is 29.8 Å². The second kappa shape index (κ2) is 7.58. The number of fused-ring (bicyclic) bond motifs is 1. The van der Waals surface area contributed by atoms with Crippen molar-refractivity contribution in [2.45, 2.75) is 24.8 Å². The lowest BCUT2D eigenvalue weighted by Crippen LogP contribution is -2.42. The summed E-state index contributed by atoms with van der Waals surface area (Å²) < 4.78 is 0. The number of hydrogen-bond acceptors (Lipinski definition) is 3. The van der Waals surface area contributed by atoms with Crippen LogP contribution in [0.4, 0.5) is 5.69 Å². The van der Waals surface area contributed by atoms with Crippen molar-refractivity contribution in [3.63, 3.8) is 0 Å². The monoisotopic (exact) mass is 372 g/mol. The Balaban J connectivity index is 1.77. The summed E-state index contributed by atoms with van der Waals surface area (Å²) in [6, 6.07) is 12.4. The fraction of sp³-hybridized carbons (Fsp3) is 0.211. The van der Waals surface area contributed by atoms with E-state index >= 15 is 0 Å². The Kier molecular flexibility index (Phi) is 5.23. The number of aliphatic carboxylic acids is 1. The molecule has 7 heteroatoms. The average molecular weight is 373 g/mol. The molecule has 6 nitrogen and oxygen atoms in total. The van der Waals surface area contributed by atoms with Gasteiger partial charge in [0, 0.05) is 22.7 Å². The molecule has 3 rings (SSSR count). The fourth-order valence-corrected chi connectivity index (χ4v) is 3.19. The molecule has 2 atom stereocenters. The Morgan fingerprint density at radius 2 is 1.88 bits per heavy atom. The van der Waals surface area contributed by atoms with Gasteiger partial charge >= 0.3 is 5.97 Å². The number of carboxylic acid groups (broad SMARTS) is 1. The average Bonchev–Trinajstić information content (AvgIpc) is 2.61. The zero-order chi connectivity index (χ0) is 18.7. The van der Waals surface area contributed by atoms with Gasteiger partial charge in [-0.05, 0) is 48.2 Å². The van der Waals surface area contributed by atoms with Crippen molar-refractivity contribution in [3.05, 3.63) is 64.7 Å². The molecule has 0 fully saturated rings. The predicted molar refractivity (Wildman–Crippen MR) is 97.4 cm³/mol. The number of amides is 2. The van der Waals surface area contributed by atoms with E-state index < -0.39 is 17.9 Å². The molecule has 3 N–H and O–H groups in total. The number of carboxylic acids is 1. The lowest BCUT2D eigenvalue weighted by atomic mass is 9.85. The number of benzene rings is 2. The minimum absolute atomic E-state index is 0.124. The van der Waals surface area contributed by atoms with Gasteiger partial charge in [0.05, 0.1) is 0 Å². The van der Waals surface area contributed by atoms with Gasteiger partial charge < -0.3 is 15.7 Å². The molecular weight excluding hydrogens is 356 g/mol. The van der Waals surface area contributed by atoms with Gasteiger partial charge in [-0.25, -0.2) is 4.79 Å². The number of carbonyl (C=O) groups excluding carboxylic acids is 2. The van der Waals surface area contributed by atoms with Crippen molar-refractivity contribution in [2.24, 2.45) is 0 Å². The third kappa shape index (κ3) is 4.03. The van der Waals surface area contributed by atoms with E-state index in [0.29, 0.717) is 16.3 Å². The van der Waals surface area contributed by atoms with E-state index in [4.69, 9.17) is 11.6 Å². The lowest BCUT2D eigenvalue weighted by molar-refractivity contribution is -0.139. The highest BCUT2D eigenvalue weighted by molar-refractivity contribution is 6.30. The van der Waals surface area contributed by atoms with Crippen molar-refractivity contribution in [2.75, 3.05) is 5.32 Å². The van der Waals surface area contributed by atoms with E-state index in [9.17, 15) is 19.5 Å².